The van der Waals surface area contributed by atoms with Gasteiger partial charge in [0.2, 0.25) is 0 Å². The highest BCUT2D eigenvalue weighted by molar-refractivity contribution is 6.35. The monoisotopic (exact) mass is 207 g/mol. The molecule has 0 saturated heterocycles. The van der Waals surface area contributed by atoms with E-state index in [0.717, 1.165) is 6.42 Å². The second kappa shape index (κ2) is 5.69. The third-order valence-electron chi connectivity index (χ3n) is 1.44. The molecule has 2 N–H and O–H groups in total. The molecule has 0 aliphatic heterocycles. The van der Waals surface area contributed by atoms with Crippen LogP contribution in [0, 0.1) is 0 Å². The zero-order chi connectivity index (χ0) is 11.1. The number of rotatable bonds is 5. The molecule has 0 aliphatic carbocycles. The third-order valence-corrected chi connectivity index (χ3v) is 1.44. The molecule has 1 heterocycles. The summed E-state index contributed by atoms with van der Waals surface area (Å²) < 4.78 is 0. The number of oxime groups is 1. The number of hydrogen-bond acceptors (Lipinski definition) is 6. The maximum Gasteiger partial charge on any atom is 0.261 e. The van der Waals surface area contributed by atoms with Crippen LogP contribution in [-0.2, 0) is 9.63 Å². The van der Waals surface area contributed by atoms with Crippen LogP contribution in [0.2, 0.25) is 0 Å². The van der Waals surface area contributed by atoms with Gasteiger partial charge in [-0.1, -0.05) is 12.1 Å². The first-order chi connectivity index (χ1) is 7.27. The number of carbonyl (C=O) groups excluding carboxylic acids is 1. The fourth-order valence-corrected chi connectivity index (χ4v) is 0.793. The van der Waals surface area contributed by atoms with Crippen molar-refractivity contribution in [3.05, 3.63) is 18.1 Å². The lowest BCUT2D eigenvalue weighted by atomic mass is 10.4. The van der Waals surface area contributed by atoms with Gasteiger partial charge in [-0.2, -0.15) is 0 Å². The molecule has 1 aromatic rings. The van der Waals surface area contributed by atoms with Crippen molar-refractivity contribution in [3.63, 3.8) is 0 Å². The number of nitrogens with zero attached hydrogens (tertiary/aromatic N) is 3. The molecule has 0 bridgehead atoms. The maximum absolute atomic E-state index is 10.6. The number of anilines is 1. The van der Waals surface area contributed by atoms with Crippen LogP contribution >= 0.6 is 0 Å². The smallest absolute Gasteiger partial charge is 0.261 e. The van der Waals surface area contributed by atoms with E-state index in [2.05, 4.69) is 15.1 Å². The molecule has 1 aromatic heterocycles. The van der Waals surface area contributed by atoms with Gasteiger partial charge in [0.1, 0.15) is 12.4 Å². The quantitative estimate of drug-likeness (QED) is 0.426. The highest BCUT2D eigenvalue weighted by atomic mass is 16.6. The van der Waals surface area contributed by atoms with Crippen molar-refractivity contribution >= 4 is 17.8 Å². The van der Waals surface area contributed by atoms with Crippen LogP contribution < -0.4 is 5.73 Å². The second-order valence-corrected chi connectivity index (χ2v) is 2.68. The summed E-state index contributed by atoms with van der Waals surface area (Å²) in [5, 5.41) is 3.56. The van der Waals surface area contributed by atoms with Gasteiger partial charge in [-0.3, -0.25) is 4.79 Å². The molecule has 15 heavy (non-hydrogen) atoms. The van der Waals surface area contributed by atoms with Gasteiger partial charge >= 0.3 is 0 Å². The molecule has 0 spiro atoms. The van der Waals surface area contributed by atoms with E-state index in [1.54, 1.807) is 6.29 Å². The zero-order valence-corrected chi connectivity index (χ0v) is 8.30. The van der Waals surface area contributed by atoms with E-state index < -0.39 is 0 Å². The van der Waals surface area contributed by atoms with Gasteiger partial charge in [-0.15, -0.1) is 0 Å². The van der Waals surface area contributed by atoms with Crippen LogP contribution in [0.5, 0.6) is 0 Å². The van der Waals surface area contributed by atoms with Crippen LogP contribution in [0.1, 0.15) is 19.2 Å². The Morgan fingerprint density at radius 2 is 2.53 bits per heavy atom. The number of nitrogens with two attached hydrogens (primary N) is 1. The average Bonchev–Trinajstić information content (AvgIpc) is 2.24. The van der Waals surface area contributed by atoms with Crippen molar-refractivity contribution in [3.8, 4) is 0 Å². The summed E-state index contributed by atoms with van der Waals surface area (Å²) >= 11 is 0. The van der Waals surface area contributed by atoms with Crippen molar-refractivity contribution in [1.29, 1.82) is 0 Å². The minimum absolute atomic E-state index is 0.0873. The van der Waals surface area contributed by atoms with Crippen molar-refractivity contribution < 1.29 is 9.63 Å². The van der Waals surface area contributed by atoms with E-state index >= 15 is 0 Å². The molecule has 0 fully saturated rings. The summed E-state index contributed by atoms with van der Waals surface area (Å²) in [4.78, 5) is 23.0. The third kappa shape index (κ3) is 3.34. The highest BCUT2D eigenvalue weighted by Crippen LogP contribution is 1.97. The molecule has 6 heteroatoms. The van der Waals surface area contributed by atoms with E-state index in [0.29, 0.717) is 6.61 Å². The van der Waals surface area contributed by atoms with Crippen LogP contribution in [0.15, 0.2) is 17.4 Å². The van der Waals surface area contributed by atoms with Crippen molar-refractivity contribution in [1.82, 2.24) is 9.97 Å². The molecule has 0 aromatic carbocycles. The summed E-state index contributed by atoms with van der Waals surface area (Å²) in [7, 11) is 0. The predicted octanol–water partition coefficient (Wildman–Crippen LogP) is 0.299. The van der Waals surface area contributed by atoms with Gasteiger partial charge in [0, 0.05) is 6.20 Å². The largest absolute Gasteiger partial charge is 0.395 e. The van der Waals surface area contributed by atoms with Crippen LogP contribution in [0.25, 0.3) is 0 Å². The summed E-state index contributed by atoms with van der Waals surface area (Å²) in [5.74, 6) is 0.375. The van der Waals surface area contributed by atoms with Gasteiger partial charge in [-0.25, -0.2) is 9.97 Å². The Balaban J connectivity index is 2.82. The number of aromatic nitrogens is 2. The molecule has 0 saturated carbocycles. The van der Waals surface area contributed by atoms with Crippen LogP contribution in [0.3, 0.4) is 0 Å². The Kier molecular flexibility index (Phi) is 4.21. The highest BCUT2D eigenvalue weighted by Gasteiger charge is 2.07. The van der Waals surface area contributed by atoms with Crippen molar-refractivity contribution in [2.45, 2.75) is 13.3 Å². The molecular weight excluding hydrogens is 196 g/mol. The van der Waals surface area contributed by atoms with E-state index in [9.17, 15) is 4.79 Å². The first kappa shape index (κ1) is 11.1. The average molecular weight is 207 g/mol. The fraction of sp³-hybridized carbons (Fsp3) is 0.333. The molecular formula is C9H11N4O2. The van der Waals surface area contributed by atoms with Gasteiger partial charge in [0.05, 0.1) is 0 Å². The number of nitrogen functional groups attached to an aromatic ring is 1. The Labute approximate surface area is 87.2 Å². The summed E-state index contributed by atoms with van der Waals surface area (Å²) in [6.45, 7) is 2.35. The van der Waals surface area contributed by atoms with Gasteiger partial charge in [-0.05, 0) is 12.5 Å². The molecule has 79 valence electrons. The molecule has 1 rings (SSSR count). The Bertz CT molecular complexity index is 365. The van der Waals surface area contributed by atoms with E-state index in [-0.39, 0.29) is 17.4 Å². The standard InChI is InChI=1S/C9H11N4O2/c1-2-5-15-13-7(6-14)9-11-4-3-8(10)12-9/h3-4H,2,5H2,1H3,(H2,10,11,12). The number of hydrogen-bond donors (Lipinski definition) is 1. The normalized spacial score (nSPS) is 11.1. The molecule has 1 radical (unpaired) electrons. The summed E-state index contributed by atoms with van der Waals surface area (Å²) in [5.41, 5.74) is 5.34. The lowest BCUT2D eigenvalue weighted by molar-refractivity contribution is 0.145. The summed E-state index contributed by atoms with van der Waals surface area (Å²) in [6.07, 6.45) is 3.83. The van der Waals surface area contributed by atoms with E-state index in [1.165, 1.54) is 12.3 Å². The molecule has 0 amide bonds. The first-order valence-corrected chi connectivity index (χ1v) is 4.45. The van der Waals surface area contributed by atoms with E-state index in [4.69, 9.17) is 10.6 Å². The second-order valence-electron chi connectivity index (χ2n) is 2.68. The van der Waals surface area contributed by atoms with Crippen molar-refractivity contribution in [2.75, 3.05) is 12.3 Å². The molecule has 0 unspecified atom stereocenters. The minimum atomic E-state index is -0.0873. The lowest BCUT2D eigenvalue weighted by Gasteiger charge is -1.98. The maximum atomic E-state index is 10.6. The fourth-order valence-electron chi connectivity index (χ4n) is 0.793. The first-order valence-electron chi connectivity index (χ1n) is 4.45. The Hall–Kier alpha value is -1.98. The predicted molar refractivity (Wildman–Crippen MR) is 54.9 cm³/mol. The van der Waals surface area contributed by atoms with E-state index in [1.807, 2.05) is 6.92 Å². The molecule has 0 aliphatic rings. The molecule has 6 nitrogen and oxygen atoms in total. The van der Waals surface area contributed by atoms with Gasteiger partial charge in [0.15, 0.2) is 11.5 Å². The molecule has 0 atom stereocenters. The van der Waals surface area contributed by atoms with Crippen LogP contribution in [-0.4, -0.2) is 28.6 Å². The topological polar surface area (TPSA) is 90.5 Å². The van der Waals surface area contributed by atoms with Crippen LogP contribution in [0.4, 0.5) is 5.82 Å². The lowest BCUT2D eigenvalue weighted by Crippen LogP contribution is -2.10. The zero-order valence-electron chi connectivity index (χ0n) is 8.30. The SMILES string of the molecule is CCCON=C([C]=O)c1nccc(N)n1. The van der Waals surface area contributed by atoms with Gasteiger partial charge in [0.25, 0.3) is 6.29 Å². The van der Waals surface area contributed by atoms with Crippen molar-refractivity contribution in [2.24, 2.45) is 5.16 Å². The Morgan fingerprint density at radius 1 is 1.73 bits per heavy atom. The van der Waals surface area contributed by atoms with Gasteiger partial charge < -0.3 is 10.6 Å². The summed E-state index contributed by atoms with van der Waals surface area (Å²) in [6, 6.07) is 1.51. The Morgan fingerprint density at radius 3 is 3.13 bits per heavy atom. The minimum Gasteiger partial charge on any atom is -0.395 e.